The Morgan fingerprint density at radius 2 is 1.65 bits per heavy atom. The van der Waals surface area contributed by atoms with Crippen molar-refractivity contribution >= 4 is 41.0 Å². The molecule has 2 aromatic rings. The molecule has 4 N–H and O–H groups in total. The monoisotopic (exact) mass is 691 g/mol. The van der Waals surface area contributed by atoms with Crippen LogP contribution in [-0.2, 0) is 28.7 Å². The Bertz CT molecular complexity index is 1510. The average molecular weight is 692 g/mol. The number of urea groups is 1. The van der Waals surface area contributed by atoms with Crippen LogP contribution in [0.15, 0.2) is 36.4 Å². The first-order chi connectivity index (χ1) is 23.0. The molecule has 4 aliphatic rings. The van der Waals surface area contributed by atoms with Gasteiger partial charge in [-0.1, -0.05) is 29.8 Å². The van der Waals surface area contributed by atoms with Gasteiger partial charge in [-0.05, 0) is 68.1 Å². The highest BCUT2D eigenvalue weighted by Crippen LogP contribution is 2.38. The fraction of sp³-hybridized carbons (Fsp3) is 0.545. The second-order valence-corrected chi connectivity index (χ2v) is 13.3. The van der Waals surface area contributed by atoms with Gasteiger partial charge >= 0.3 is 18.3 Å². The number of carbonyl (C=O) groups excluding carboxylic acids is 3. The molecule has 3 saturated heterocycles. The van der Waals surface area contributed by atoms with E-state index in [-0.39, 0.29) is 42.2 Å². The molecule has 0 aromatic heterocycles. The van der Waals surface area contributed by atoms with Crippen molar-refractivity contribution in [3.8, 4) is 0 Å². The van der Waals surface area contributed by atoms with E-state index in [0.717, 1.165) is 43.2 Å². The van der Waals surface area contributed by atoms with Crippen LogP contribution >= 0.6 is 11.6 Å². The molecule has 11 nitrogen and oxygen atoms in total. The van der Waals surface area contributed by atoms with Gasteiger partial charge in [0.25, 0.3) is 5.91 Å². The van der Waals surface area contributed by atoms with Crippen LogP contribution in [0.25, 0.3) is 0 Å². The first kappa shape index (κ1) is 34.1. The predicted molar refractivity (Wildman–Crippen MR) is 174 cm³/mol. The first-order valence-corrected chi connectivity index (χ1v) is 16.9. The number of rotatable bonds is 6. The molecule has 4 heterocycles. The summed E-state index contributed by atoms with van der Waals surface area (Å²) in [6.07, 6.45) is -4.10. The van der Waals surface area contributed by atoms with Crippen molar-refractivity contribution in [2.75, 3.05) is 63.4 Å². The SMILES string of the molecule is Nc1c(Cl)cc(C[C@@H](OC(=O)N2CCC(N3Cc4ccccc4NC3=O)CC2)C(=O)N2CCN(C3CCNCC3)CC2)cc1C(F)(F)F. The summed E-state index contributed by atoms with van der Waals surface area (Å²) in [4.78, 5) is 47.5. The summed E-state index contributed by atoms with van der Waals surface area (Å²) in [5, 5.41) is 5.99. The Balaban J connectivity index is 1.13. The van der Waals surface area contributed by atoms with Crippen LogP contribution in [0.5, 0.6) is 0 Å². The van der Waals surface area contributed by atoms with Gasteiger partial charge in [0.2, 0.25) is 0 Å². The highest BCUT2D eigenvalue weighted by atomic mass is 35.5. The second kappa shape index (κ2) is 14.4. The Morgan fingerprint density at radius 3 is 2.33 bits per heavy atom. The highest BCUT2D eigenvalue weighted by molar-refractivity contribution is 6.33. The quantitative estimate of drug-likeness (QED) is 0.384. The first-order valence-electron chi connectivity index (χ1n) is 16.5. The fourth-order valence-corrected chi connectivity index (χ4v) is 7.42. The maximum absolute atomic E-state index is 13.9. The zero-order valence-corrected chi connectivity index (χ0v) is 27.4. The number of likely N-dealkylation sites (tertiary alicyclic amines) is 1. The number of hydrogen-bond acceptors (Lipinski definition) is 7. The van der Waals surface area contributed by atoms with E-state index in [1.807, 2.05) is 24.3 Å². The molecule has 48 heavy (non-hydrogen) atoms. The van der Waals surface area contributed by atoms with Crippen molar-refractivity contribution in [3.05, 3.63) is 58.1 Å². The second-order valence-electron chi connectivity index (χ2n) is 12.9. The van der Waals surface area contributed by atoms with Crippen molar-refractivity contribution in [1.29, 1.82) is 0 Å². The summed E-state index contributed by atoms with van der Waals surface area (Å²) in [6.45, 7) is 5.08. The number of anilines is 2. The fourth-order valence-electron chi connectivity index (χ4n) is 7.18. The normalized spacial score (nSPS) is 20.7. The van der Waals surface area contributed by atoms with Crippen LogP contribution in [-0.4, -0.2) is 108 Å². The summed E-state index contributed by atoms with van der Waals surface area (Å²) >= 11 is 6.09. The van der Waals surface area contributed by atoms with Gasteiger partial charge in [-0.3, -0.25) is 9.69 Å². The summed E-state index contributed by atoms with van der Waals surface area (Å²) in [5.74, 6) is -0.464. The zero-order chi connectivity index (χ0) is 34.0. The smallest absolute Gasteiger partial charge is 0.418 e. The number of nitrogen functional groups attached to an aromatic ring is 1. The lowest BCUT2D eigenvalue weighted by Gasteiger charge is -2.42. The van der Waals surface area contributed by atoms with Gasteiger partial charge < -0.3 is 35.8 Å². The number of nitrogens with one attached hydrogen (secondary N) is 2. The number of halogens is 4. The zero-order valence-electron chi connectivity index (χ0n) is 26.6. The van der Waals surface area contributed by atoms with Crippen molar-refractivity contribution < 1.29 is 32.3 Å². The molecule has 6 rings (SSSR count). The molecule has 4 aliphatic heterocycles. The number of ether oxygens (including phenoxy) is 1. The number of amides is 4. The number of nitrogens with two attached hydrogens (primary N) is 1. The van der Waals surface area contributed by atoms with Crippen LogP contribution in [0.4, 0.5) is 34.1 Å². The van der Waals surface area contributed by atoms with Crippen molar-refractivity contribution in [2.45, 2.75) is 63.0 Å². The van der Waals surface area contributed by atoms with E-state index in [9.17, 15) is 27.6 Å². The number of piperidine rings is 2. The number of alkyl halides is 3. The maximum atomic E-state index is 13.9. The van der Waals surface area contributed by atoms with Gasteiger partial charge in [-0.25, -0.2) is 9.59 Å². The predicted octanol–water partition coefficient (Wildman–Crippen LogP) is 4.40. The molecule has 0 aliphatic carbocycles. The molecule has 2 aromatic carbocycles. The number of nitrogens with zero attached hydrogens (tertiary/aromatic N) is 4. The van der Waals surface area contributed by atoms with E-state index in [1.54, 1.807) is 9.80 Å². The Kier molecular flexibility index (Phi) is 10.2. The van der Waals surface area contributed by atoms with Crippen LogP contribution in [0, 0.1) is 0 Å². The van der Waals surface area contributed by atoms with E-state index in [2.05, 4.69) is 15.5 Å². The van der Waals surface area contributed by atoms with E-state index >= 15 is 0 Å². The van der Waals surface area contributed by atoms with Gasteiger partial charge in [-0.2, -0.15) is 13.2 Å². The van der Waals surface area contributed by atoms with Gasteiger partial charge in [0.1, 0.15) is 0 Å². The molecule has 1 atom stereocenters. The minimum absolute atomic E-state index is 0.0797. The number of hydrogen-bond donors (Lipinski definition) is 3. The minimum atomic E-state index is -4.76. The summed E-state index contributed by atoms with van der Waals surface area (Å²) in [7, 11) is 0. The van der Waals surface area contributed by atoms with Crippen LogP contribution < -0.4 is 16.4 Å². The molecule has 0 spiro atoms. The molecule has 0 radical (unpaired) electrons. The van der Waals surface area contributed by atoms with Crippen molar-refractivity contribution in [2.24, 2.45) is 0 Å². The molecule has 4 amide bonds. The molecule has 0 bridgehead atoms. The summed E-state index contributed by atoms with van der Waals surface area (Å²) in [5.41, 5.74) is 5.80. The largest absolute Gasteiger partial charge is 0.436 e. The highest BCUT2D eigenvalue weighted by Gasteiger charge is 2.38. The van der Waals surface area contributed by atoms with E-state index in [1.165, 1.54) is 11.0 Å². The lowest BCUT2D eigenvalue weighted by molar-refractivity contribution is -0.143. The Hall–Kier alpha value is -3.75. The lowest BCUT2D eigenvalue weighted by atomic mass is 10.0. The molecule has 3 fully saturated rings. The third-order valence-electron chi connectivity index (χ3n) is 9.91. The standard InChI is InChI=1S/C33H41ClF3N7O4/c34-26-18-21(17-25(29(26)38)33(35,36)37)19-28(30(45)42-15-13-41(14-16-42)23-5-9-39-10-6-23)48-32(47)43-11-7-24(8-12-43)44-20-22-3-1-2-4-27(22)40-31(44)46/h1-4,17-18,23-24,28,39H,5-16,19-20,38H2,(H,40,46)/t28-/m1/s1. The van der Waals surface area contributed by atoms with Gasteiger partial charge in [0.05, 0.1) is 16.3 Å². The van der Waals surface area contributed by atoms with Crippen LogP contribution in [0.3, 0.4) is 0 Å². The molecule has 0 saturated carbocycles. The van der Waals surface area contributed by atoms with Crippen LogP contribution in [0.1, 0.15) is 42.4 Å². The lowest BCUT2D eigenvalue weighted by Crippen LogP contribution is -2.56. The molecule has 0 unspecified atom stereocenters. The Labute approximate surface area is 282 Å². The molecule has 260 valence electrons. The maximum Gasteiger partial charge on any atom is 0.418 e. The van der Waals surface area contributed by atoms with E-state index in [4.69, 9.17) is 22.1 Å². The molecular formula is C33H41ClF3N7O4. The van der Waals surface area contributed by atoms with Crippen molar-refractivity contribution in [1.82, 2.24) is 24.9 Å². The number of benzene rings is 2. The number of carbonyl (C=O) groups is 3. The topological polar surface area (TPSA) is 123 Å². The Morgan fingerprint density at radius 1 is 0.958 bits per heavy atom. The van der Waals surface area contributed by atoms with E-state index < -0.39 is 35.5 Å². The summed E-state index contributed by atoms with van der Waals surface area (Å²) in [6, 6.07) is 9.88. The van der Waals surface area contributed by atoms with Gasteiger partial charge in [-0.15, -0.1) is 0 Å². The number of fused-ring (bicyclic) bond motifs is 1. The minimum Gasteiger partial charge on any atom is -0.436 e. The number of para-hydroxylation sites is 1. The molecule has 15 heteroatoms. The number of piperazine rings is 1. The summed E-state index contributed by atoms with van der Waals surface area (Å²) < 4.78 is 47.1. The van der Waals surface area contributed by atoms with Gasteiger partial charge in [0.15, 0.2) is 6.10 Å². The molecular weight excluding hydrogens is 651 g/mol. The van der Waals surface area contributed by atoms with E-state index in [0.29, 0.717) is 51.6 Å². The van der Waals surface area contributed by atoms with Crippen LogP contribution in [0.2, 0.25) is 5.02 Å². The van der Waals surface area contributed by atoms with Crippen molar-refractivity contribution in [3.63, 3.8) is 0 Å². The van der Waals surface area contributed by atoms with Gasteiger partial charge in [0, 0.05) is 70.0 Å². The third-order valence-corrected chi connectivity index (χ3v) is 10.2. The average Bonchev–Trinajstić information content (AvgIpc) is 3.09. The third kappa shape index (κ3) is 7.60.